The molecule has 1 aromatic rings. The Morgan fingerprint density at radius 3 is 2.69 bits per heavy atom. The molecule has 0 aliphatic rings. The van der Waals surface area contributed by atoms with Crippen molar-refractivity contribution in [2.45, 2.75) is 39.2 Å². The lowest BCUT2D eigenvalue weighted by molar-refractivity contribution is 0.333. The Labute approximate surface area is 102 Å². The number of hydrogen-bond donors (Lipinski definition) is 0. The Bertz CT molecular complexity index is 370. The maximum absolute atomic E-state index is 8.50. The Kier molecular flexibility index (Phi) is 4.45. The zero-order chi connectivity index (χ0) is 12.2. The molecule has 0 saturated carbocycles. The molecular formula is C12H19N3S. The predicted octanol–water partition coefficient (Wildman–Crippen LogP) is 2.79. The zero-order valence-electron chi connectivity index (χ0n) is 10.4. The van der Waals surface area contributed by atoms with E-state index in [-0.39, 0.29) is 5.41 Å². The molecule has 3 nitrogen and oxygen atoms in total. The summed E-state index contributed by atoms with van der Waals surface area (Å²) < 4.78 is 0. The average Bonchev–Trinajstić information content (AvgIpc) is 2.62. The van der Waals surface area contributed by atoms with Crippen molar-refractivity contribution in [2.75, 3.05) is 13.6 Å². The Balaban J connectivity index is 2.56. The molecule has 0 radical (unpaired) electrons. The van der Waals surface area contributed by atoms with Gasteiger partial charge in [-0.3, -0.25) is 4.90 Å². The third-order valence-corrected chi connectivity index (χ3v) is 3.16. The topological polar surface area (TPSA) is 39.9 Å². The van der Waals surface area contributed by atoms with Gasteiger partial charge in [0.1, 0.15) is 5.01 Å². The molecule has 0 bridgehead atoms. The lowest BCUT2D eigenvalue weighted by Crippen LogP contribution is -2.19. The second kappa shape index (κ2) is 5.42. The van der Waals surface area contributed by atoms with Crippen molar-refractivity contribution >= 4 is 11.3 Å². The average molecular weight is 237 g/mol. The minimum Gasteiger partial charge on any atom is -0.299 e. The van der Waals surface area contributed by atoms with Gasteiger partial charge in [-0.25, -0.2) is 4.98 Å². The minimum absolute atomic E-state index is 0.125. The maximum atomic E-state index is 8.50. The van der Waals surface area contributed by atoms with E-state index < -0.39 is 0 Å². The van der Waals surface area contributed by atoms with Crippen molar-refractivity contribution in [3.63, 3.8) is 0 Å². The van der Waals surface area contributed by atoms with E-state index in [2.05, 4.69) is 42.1 Å². The number of nitriles is 1. The fourth-order valence-electron chi connectivity index (χ4n) is 1.28. The molecule has 1 aromatic heterocycles. The predicted molar refractivity (Wildman–Crippen MR) is 67.4 cm³/mol. The first kappa shape index (κ1) is 13.1. The summed E-state index contributed by atoms with van der Waals surface area (Å²) in [4.78, 5) is 6.76. The van der Waals surface area contributed by atoms with Crippen LogP contribution in [0.15, 0.2) is 5.38 Å². The number of nitrogens with zero attached hydrogens (tertiary/aromatic N) is 3. The Hall–Kier alpha value is -0.920. The molecule has 0 aromatic carbocycles. The number of aromatic nitrogens is 1. The molecule has 0 unspecified atom stereocenters. The largest absolute Gasteiger partial charge is 0.299 e. The van der Waals surface area contributed by atoms with Crippen LogP contribution in [0.5, 0.6) is 0 Å². The highest BCUT2D eigenvalue weighted by atomic mass is 32.1. The van der Waals surface area contributed by atoms with Crippen LogP contribution in [0.3, 0.4) is 0 Å². The van der Waals surface area contributed by atoms with Gasteiger partial charge in [-0.15, -0.1) is 11.3 Å². The summed E-state index contributed by atoms with van der Waals surface area (Å²) >= 11 is 1.70. The monoisotopic (exact) mass is 237 g/mol. The molecule has 1 heterocycles. The van der Waals surface area contributed by atoms with Gasteiger partial charge in [-0.05, 0) is 7.05 Å². The summed E-state index contributed by atoms with van der Waals surface area (Å²) in [5, 5.41) is 11.8. The molecule has 0 saturated heterocycles. The summed E-state index contributed by atoms with van der Waals surface area (Å²) in [5.74, 6) is 0. The summed E-state index contributed by atoms with van der Waals surface area (Å²) in [6, 6.07) is 2.16. The third-order valence-electron chi connectivity index (χ3n) is 2.33. The fraction of sp³-hybridized carbons (Fsp3) is 0.667. The molecule has 0 atom stereocenters. The Morgan fingerprint density at radius 1 is 1.50 bits per heavy atom. The van der Waals surface area contributed by atoms with Gasteiger partial charge >= 0.3 is 0 Å². The normalized spacial score (nSPS) is 11.8. The number of hydrogen-bond acceptors (Lipinski definition) is 4. The summed E-state index contributed by atoms with van der Waals surface area (Å²) in [6.07, 6.45) is 0.577. The van der Waals surface area contributed by atoms with Crippen molar-refractivity contribution in [2.24, 2.45) is 0 Å². The lowest BCUT2D eigenvalue weighted by atomic mass is 9.93. The van der Waals surface area contributed by atoms with Gasteiger partial charge in [0.25, 0.3) is 0 Å². The summed E-state index contributed by atoms with van der Waals surface area (Å²) in [7, 11) is 2.02. The van der Waals surface area contributed by atoms with Gasteiger partial charge in [-0.1, -0.05) is 20.8 Å². The van der Waals surface area contributed by atoms with Crippen molar-refractivity contribution in [1.82, 2.24) is 9.88 Å². The van der Waals surface area contributed by atoms with Crippen LogP contribution in [0.4, 0.5) is 0 Å². The van der Waals surface area contributed by atoms with Gasteiger partial charge in [0.2, 0.25) is 0 Å². The molecule has 16 heavy (non-hydrogen) atoms. The van der Waals surface area contributed by atoms with E-state index in [9.17, 15) is 0 Å². The second-order valence-electron chi connectivity index (χ2n) is 5.02. The molecule has 88 valence electrons. The first-order chi connectivity index (χ1) is 7.43. The smallest absolute Gasteiger partial charge is 0.107 e. The van der Waals surface area contributed by atoms with Crippen molar-refractivity contribution < 1.29 is 0 Å². The second-order valence-corrected chi connectivity index (χ2v) is 5.97. The molecule has 4 heteroatoms. The van der Waals surface area contributed by atoms with E-state index >= 15 is 0 Å². The quantitative estimate of drug-likeness (QED) is 0.808. The Morgan fingerprint density at radius 2 is 2.19 bits per heavy atom. The van der Waals surface area contributed by atoms with E-state index in [1.807, 2.05) is 7.05 Å². The van der Waals surface area contributed by atoms with Crippen LogP contribution in [0.25, 0.3) is 0 Å². The number of rotatable bonds is 4. The molecule has 0 spiro atoms. The van der Waals surface area contributed by atoms with Gasteiger partial charge in [-0.2, -0.15) is 5.26 Å². The van der Waals surface area contributed by atoms with Crippen LogP contribution < -0.4 is 0 Å². The van der Waals surface area contributed by atoms with Crippen LogP contribution in [0.2, 0.25) is 0 Å². The molecule has 0 N–H and O–H groups in total. The van der Waals surface area contributed by atoms with Gasteiger partial charge < -0.3 is 0 Å². The molecule has 0 aliphatic carbocycles. The molecular weight excluding hydrogens is 218 g/mol. The highest BCUT2D eigenvalue weighted by Crippen LogP contribution is 2.24. The highest BCUT2D eigenvalue weighted by molar-refractivity contribution is 7.09. The van der Waals surface area contributed by atoms with Crippen LogP contribution in [0.1, 0.15) is 37.9 Å². The van der Waals surface area contributed by atoms with Gasteiger partial charge in [0.15, 0.2) is 0 Å². The molecule has 1 rings (SSSR count). The number of thiazole rings is 1. The van der Waals surface area contributed by atoms with E-state index in [1.54, 1.807) is 11.3 Å². The van der Waals surface area contributed by atoms with Crippen molar-refractivity contribution in [3.05, 3.63) is 16.1 Å². The third kappa shape index (κ3) is 3.92. The molecule has 0 aliphatic heterocycles. The van der Waals surface area contributed by atoms with Crippen molar-refractivity contribution in [3.8, 4) is 6.07 Å². The van der Waals surface area contributed by atoms with E-state index in [0.29, 0.717) is 6.42 Å². The van der Waals surface area contributed by atoms with Crippen LogP contribution in [-0.2, 0) is 12.0 Å². The SMILES string of the molecule is CN(CCC#N)Cc1nc(C(C)(C)C)cs1. The minimum atomic E-state index is 0.125. The van der Waals surface area contributed by atoms with Crippen LogP contribution >= 0.6 is 11.3 Å². The van der Waals surface area contributed by atoms with E-state index in [4.69, 9.17) is 5.26 Å². The van der Waals surface area contributed by atoms with Crippen LogP contribution in [-0.4, -0.2) is 23.5 Å². The highest BCUT2D eigenvalue weighted by Gasteiger charge is 2.17. The maximum Gasteiger partial charge on any atom is 0.107 e. The van der Waals surface area contributed by atoms with E-state index in [0.717, 1.165) is 23.8 Å². The summed E-state index contributed by atoms with van der Waals surface area (Å²) in [6.45, 7) is 8.16. The standard InChI is InChI=1S/C12H19N3S/c1-12(2,3)10-9-16-11(14-10)8-15(4)7-5-6-13/h9H,5,7-8H2,1-4H3. The lowest BCUT2D eigenvalue weighted by Gasteiger charge is -2.15. The first-order valence-corrected chi connectivity index (χ1v) is 6.32. The van der Waals surface area contributed by atoms with Crippen LogP contribution in [0, 0.1) is 11.3 Å². The van der Waals surface area contributed by atoms with Gasteiger partial charge in [0.05, 0.1) is 18.3 Å². The van der Waals surface area contributed by atoms with Gasteiger partial charge in [0, 0.05) is 23.8 Å². The fourth-order valence-corrected chi connectivity index (χ4v) is 2.38. The van der Waals surface area contributed by atoms with Crippen molar-refractivity contribution in [1.29, 1.82) is 5.26 Å². The molecule has 0 fully saturated rings. The molecule has 0 amide bonds. The zero-order valence-corrected chi connectivity index (χ0v) is 11.3. The first-order valence-electron chi connectivity index (χ1n) is 5.44. The summed E-state index contributed by atoms with van der Waals surface area (Å²) in [5.41, 5.74) is 1.28. The van der Waals surface area contributed by atoms with E-state index in [1.165, 1.54) is 0 Å².